The van der Waals surface area contributed by atoms with Gasteiger partial charge in [0.1, 0.15) is 5.41 Å². The van der Waals surface area contributed by atoms with Crippen molar-refractivity contribution in [2.75, 3.05) is 0 Å². The molecule has 0 aliphatic heterocycles. The summed E-state index contributed by atoms with van der Waals surface area (Å²) >= 11 is 0. The fraction of sp³-hybridized carbons (Fsp3) is 0.385. The fourth-order valence-electron chi connectivity index (χ4n) is 2.05. The van der Waals surface area contributed by atoms with E-state index in [-0.39, 0.29) is 5.78 Å². The lowest BCUT2D eigenvalue weighted by atomic mass is 9.64. The van der Waals surface area contributed by atoms with Gasteiger partial charge in [0.15, 0.2) is 5.78 Å². The van der Waals surface area contributed by atoms with Crippen LogP contribution in [0.25, 0.3) is 0 Å². The molecule has 84 valence electrons. The third-order valence-electron chi connectivity index (χ3n) is 3.36. The van der Waals surface area contributed by atoms with Crippen molar-refractivity contribution >= 4 is 11.8 Å². The van der Waals surface area contributed by atoms with E-state index in [1.54, 1.807) is 12.1 Å². The standard InChI is InChI=1S/C13H14O3/c1-9-3-5-10(6-4-9)11(14)13(12(15)16)7-2-8-13/h3-6H,2,7-8H2,1H3,(H,15,16). The van der Waals surface area contributed by atoms with Gasteiger partial charge in [-0.25, -0.2) is 0 Å². The second kappa shape index (κ2) is 3.74. The third-order valence-corrected chi connectivity index (χ3v) is 3.36. The summed E-state index contributed by atoms with van der Waals surface area (Å²) in [7, 11) is 0. The Hall–Kier alpha value is -1.64. The maximum absolute atomic E-state index is 12.1. The minimum absolute atomic E-state index is 0.244. The molecule has 0 bridgehead atoms. The minimum Gasteiger partial charge on any atom is -0.480 e. The van der Waals surface area contributed by atoms with E-state index in [0.717, 1.165) is 12.0 Å². The zero-order chi connectivity index (χ0) is 11.8. The number of aryl methyl sites for hydroxylation is 1. The van der Waals surface area contributed by atoms with Crippen molar-refractivity contribution in [3.63, 3.8) is 0 Å². The number of Topliss-reactive ketones (excluding diaryl/α,β-unsaturated/α-hetero) is 1. The summed E-state index contributed by atoms with van der Waals surface area (Å²) in [5.74, 6) is -1.23. The Labute approximate surface area is 94.1 Å². The molecule has 3 heteroatoms. The Morgan fingerprint density at radius 1 is 1.19 bits per heavy atom. The average Bonchev–Trinajstić information content (AvgIpc) is 2.16. The van der Waals surface area contributed by atoms with Crippen LogP contribution in [0.15, 0.2) is 24.3 Å². The van der Waals surface area contributed by atoms with Crippen molar-refractivity contribution in [1.82, 2.24) is 0 Å². The van der Waals surface area contributed by atoms with Gasteiger partial charge in [0.2, 0.25) is 0 Å². The van der Waals surface area contributed by atoms with Crippen LogP contribution in [0.3, 0.4) is 0 Å². The van der Waals surface area contributed by atoms with Crippen LogP contribution in [0.5, 0.6) is 0 Å². The topological polar surface area (TPSA) is 54.4 Å². The first kappa shape index (κ1) is 10.9. The molecular formula is C13H14O3. The zero-order valence-corrected chi connectivity index (χ0v) is 9.19. The van der Waals surface area contributed by atoms with Gasteiger partial charge in [0, 0.05) is 5.56 Å². The Morgan fingerprint density at radius 3 is 2.12 bits per heavy atom. The van der Waals surface area contributed by atoms with Gasteiger partial charge in [0.25, 0.3) is 0 Å². The predicted molar refractivity (Wildman–Crippen MR) is 59.4 cm³/mol. The van der Waals surface area contributed by atoms with Crippen LogP contribution in [0.1, 0.15) is 35.2 Å². The van der Waals surface area contributed by atoms with E-state index in [0.29, 0.717) is 18.4 Å². The first-order chi connectivity index (χ1) is 7.56. The summed E-state index contributed by atoms with van der Waals surface area (Å²) in [6, 6.07) is 7.09. The van der Waals surface area contributed by atoms with E-state index in [1.165, 1.54) is 0 Å². The number of hydrogen-bond acceptors (Lipinski definition) is 2. The normalized spacial score (nSPS) is 17.6. The highest BCUT2D eigenvalue weighted by Gasteiger charge is 2.51. The molecular weight excluding hydrogens is 204 g/mol. The highest BCUT2D eigenvalue weighted by Crippen LogP contribution is 2.43. The summed E-state index contributed by atoms with van der Waals surface area (Å²) in [4.78, 5) is 23.3. The number of carbonyl (C=O) groups excluding carboxylic acids is 1. The van der Waals surface area contributed by atoms with Crippen LogP contribution >= 0.6 is 0 Å². The molecule has 0 spiro atoms. The van der Waals surface area contributed by atoms with Crippen LogP contribution in [-0.4, -0.2) is 16.9 Å². The van der Waals surface area contributed by atoms with Gasteiger partial charge in [-0.15, -0.1) is 0 Å². The summed E-state index contributed by atoms with van der Waals surface area (Å²) < 4.78 is 0. The largest absolute Gasteiger partial charge is 0.480 e. The summed E-state index contributed by atoms with van der Waals surface area (Å²) in [5.41, 5.74) is 0.428. The first-order valence-electron chi connectivity index (χ1n) is 5.41. The summed E-state index contributed by atoms with van der Waals surface area (Å²) in [6.07, 6.45) is 1.76. The zero-order valence-electron chi connectivity index (χ0n) is 9.19. The van der Waals surface area contributed by atoms with E-state index in [1.807, 2.05) is 19.1 Å². The quantitative estimate of drug-likeness (QED) is 0.626. The molecule has 1 fully saturated rings. The van der Waals surface area contributed by atoms with Gasteiger partial charge < -0.3 is 5.11 Å². The fourth-order valence-corrected chi connectivity index (χ4v) is 2.05. The Kier molecular flexibility index (Phi) is 2.54. The predicted octanol–water partition coefficient (Wildman–Crippen LogP) is 2.43. The molecule has 1 aliphatic rings. The lowest BCUT2D eigenvalue weighted by molar-refractivity contribution is -0.150. The maximum atomic E-state index is 12.1. The van der Waals surface area contributed by atoms with Crippen LogP contribution in [0.2, 0.25) is 0 Å². The third kappa shape index (κ3) is 1.52. The van der Waals surface area contributed by atoms with Crippen molar-refractivity contribution in [3.8, 4) is 0 Å². The molecule has 1 saturated carbocycles. The van der Waals surface area contributed by atoms with Gasteiger partial charge in [-0.1, -0.05) is 36.2 Å². The number of rotatable bonds is 3. The van der Waals surface area contributed by atoms with E-state index in [2.05, 4.69) is 0 Å². The summed E-state index contributed by atoms with van der Waals surface area (Å²) in [6.45, 7) is 1.94. The smallest absolute Gasteiger partial charge is 0.317 e. The average molecular weight is 218 g/mol. The molecule has 3 nitrogen and oxygen atoms in total. The number of carboxylic acids is 1. The Bertz CT molecular complexity index is 427. The van der Waals surface area contributed by atoms with Crippen LogP contribution in [0.4, 0.5) is 0 Å². The highest BCUT2D eigenvalue weighted by atomic mass is 16.4. The molecule has 0 heterocycles. The number of ketones is 1. The molecule has 1 aromatic carbocycles. The van der Waals surface area contributed by atoms with Gasteiger partial charge in [-0.3, -0.25) is 9.59 Å². The molecule has 0 atom stereocenters. The van der Waals surface area contributed by atoms with E-state index < -0.39 is 11.4 Å². The molecule has 1 N–H and O–H groups in total. The van der Waals surface area contributed by atoms with Crippen LogP contribution < -0.4 is 0 Å². The molecule has 0 aromatic heterocycles. The number of aliphatic carboxylic acids is 1. The van der Waals surface area contributed by atoms with Crippen molar-refractivity contribution in [3.05, 3.63) is 35.4 Å². The van der Waals surface area contributed by atoms with Crippen molar-refractivity contribution in [2.45, 2.75) is 26.2 Å². The molecule has 2 rings (SSSR count). The Balaban J connectivity index is 2.31. The van der Waals surface area contributed by atoms with Crippen LogP contribution in [0, 0.1) is 12.3 Å². The van der Waals surface area contributed by atoms with Gasteiger partial charge >= 0.3 is 5.97 Å². The number of carbonyl (C=O) groups is 2. The number of hydrogen-bond donors (Lipinski definition) is 1. The van der Waals surface area contributed by atoms with Gasteiger partial charge in [0.05, 0.1) is 0 Å². The van der Waals surface area contributed by atoms with Gasteiger partial charge in [-0.2, -0.15) is 0 Å². The molecule has 1 aliphatic carbocycles. The monoisotopic (exact) mass is 218 g/mol. The Morgan fingerprint density at radius 2 is 1.75 bits per heavy atom. The second-order valence-corrected chi connectivity index (χ2v) is 4.44. The lowest BCUT2D eigenvalue weighted by Crippen LogP contribution is -2.45. The number of benzene rings is 1. The molecule has 0 saturated heterocycles. The molecule has 0 unspecified atom stereocenters. The molecule has 1 aromatic rings. The SMILES string of the molecule is Cc1ccc(C(=O)C2(C(=O)O)CCC2)cc1. The second-order valence-electron chi connectivity index (χ2n) is 4.44. The minimum atomic E-state index is -1.14. The van der Waals surface area contributed by atoms with Crippen molar-refractivity contribution in [1.29, 1.82) is 0 Å². The summed E-state index contributed by atoms with van der Waals surface area (Å²) in [5, 5.41) is 9.15. The first-order valence-corrected chi connectivity index (χ1v) is 5.41. The molecule has 0 amide bonds. The number of carboxylic acid groups (broad SMARTS) is 1. The van der Waals surface area contributed by atoms with E-state index in [4.69, 9.17) is 5.11 Å². The van der Waals surface area contributed by atoms with Crippen molar-refractivity contribution in [2.24, 2.45) is 5.41 Å². The molecule has 0 radical (unpaired) electrons. The van der Waals surface area contributed by atoms with E-state index in [9.17, 15) is 9.59 Å². The van der Waals surface area contributed by atoms with Crippen molar-refractivity contribution < 1.29 is 14.7 Å². The van der Waals surface area contributed by atoms with E-state index >= 15 is 0 Å². The molecule has 16 heavy (non-hydrogen) atoms. The lowest BCUT2D eigenvalue weighted by Gasteiger charge is -2.35. The maximum Gasteiger partial charge on any atom is 0.317 e. The van der Waals surface area contributed by atoms with Crippen LogP contribution in [-0.2, 0) is 4.79 Å². The van der Waals surface area contributed by atoms with Gasteiger partial charge in [-0.05, 0) is 19.8 Å². The highest BCUT2D eigenvalue weighted by molar-refractivity contribution is 6.12.